The van der Waals surface area contributed by atoms with Gasteiger partial charge in [-0.3, -0.25) is 13.9 Å². The Morgan fingerprint density at radius 1 is 1.18 bits per heavy atom. The molecule has 0 unspecified atom stereocenters. The fraction of sp³-hybridized carbons (Fsp3) is 0.643. The van der Waals surface area contributed by atoms with Gasteiger partial charge in [0.2, 0.25) is 5.95 Å². The highest BCUT2D eigenvalue weighted by atomic mass is 32.2. The maximum absolute atomic E-state index is 12.5. The van der Waals surface area contributed by atoms with Crippen molar-refractivity contribution < 1.29 is 0 Å². The van der Waals surface area contributed by atoms with Gasteiger partial charge in [0, 0.05) is 33.7 Å². The lowest BCUT2D eigenvalue weighted by atomic mass is 10.3. The number of thioether (sulfide) groups is 1. The minimum Gasteiger partial charge on any atom is -0.342 e. The molecular weight excluding hydrogens is 302 g/mol. The van der Waals surface area contributed by atoms with Crippen molar-refractivity contribution in [1.82, 2.24) is 18.7 Å². The van der Waals surface area contributed by atoms with Crippen molar-refractivity contribution in [2.24, 2.45) is 14.1 Å². The van der Waals surface area contributed by atoms with Gasteiger partial charge in [0.1, 0.15) is 0 Å². The van der Waals surface area contributed by atoms with E-state index in [-0.39, 0.29) is 11.2 Å². The van der Waals surface area contributed by atoms with Crippen LogP contribution < -0.4 is 16.1 Å². The van der Waals surface area contributed by atoms with E-state index in [4.69, 9.17) is 0 Å². The Bertz CT molecular complexity index is 819. The summed E-state index contributed by atoms with van der Waals surface area (Å²) in [5.41, 5.74) is 0.429. The zero-order valence-electron chi connectivity index (χ0n) is 13.2. The fourth-order valence-electron chi connectivity index (χ4n) is 3.02. The number of nitrogens with zero attached hydrogens (tertiary/aromatic N) is 5. The van der Waals surface area contributed by atoms with Gasteiger partial charge in [-0.05, 0) is 24.9 Å². The monoisotopic (exact) mass is 323 g/mol. The third-order valence-corrected chi connectivity index (χ3v) is 4.89. The van der Waals surface area contributed by atoms with Gasteiger partial charge < -0.3 is 9.47 Å². The Kier molecular flexibility index (Phi) is 4.03. The number of imidazole rings is 1. The number of hydrogen-bond acceptors (Lipinski definition) is 5. The first-order chi connectivity index (χ1) is 10.6. The van der Waals surface area contributed by atoms with Crippen LogP contribution in [0, 0.1) is 0 Å². The van der Waals surface area contributed by atoms with Crippen LogP contribution in [0.4, 0.5) is 5.95 Å². The molecule has 3 heterocycles. The number of hydrogen-bond donors (Lipinski definition) is 0. The van der Waals surface area contributed by atoms with Gasteiger partial charge in [-0.25, -0.2) is 4.79 Å². The smallest absolute Gasteiger partial charge is 0.332 e. The lowest BCUT2D eigenvalue weighted by molar-refractivity contribution is 0.561. The maximum atomic E-state index is 12.5. The minimum atomic E-state index is -0.332. The molecular formula is C14H21N5O2S. The van der Waals surface area contributed by atoms with Crippen molar-refractivity contribution in [3.8, 4) is 0 Å². The van der Waals surface area contributed by atoms with Gasteiger partial charge in [0.25, 0.3) is 5.56 Å². The zero-order valence-corrected chi connectivity index (χ0v) is 14.0. The topological polar surface area (TPSA) is 65.1 Å². The van der Waals surface area contributed by atoms with Crippen LogP contribution in [-0.4, -0.2) is 43.8 Å². The quantitative estimate of drug-likeness (QED) is 0.762. The molecule has 0 fully saturated rings. The Morgan fingerprint density at radius 3 is 2.68 bits per heavy atom. The van der Waals surface area contributed by atoms with Crippen molar-refractivity contribution in [3.05, 3.63) is 20.8 Å². The van der Waals surface area contributed by atoms with Gasteiger partial charge >= 0.3 is 5.69 Å². The Morgan fingerprint density at radius 2 is 1.95 bits per heavy atom. The summed E-state index contributed by atoms with van der Waals surface area (Å²) in [5, 5.41) is 0. The molecule has 0 aromatic carbocycles. The highest BCUT2D eigenvalue weighted by Gasteiger charge is 2.25. The average molecular weight is 323 g/mol. The van der Waals surface area contributed by atoms with Gasteiger partial charge in [-0.2, -0.15) is 16.7 Å². The number of rotatable bonds is 4. The van der Waals surface area contributed by atoms with E-state index in [0.29, 0.717) is 11.2 Å². The summed E-state index contributed by atoms with van der Waals surface area (Å²) in [7, 11) is 3.18. The third-order valence-electron chi connectivity index (χ3n) is 4.20. The van der Waals surface area contributed by atoms with E-state index in [2.05, 4.69) is 16.1 Å². The molecule has 22 heavy (non-hydrogen) atoms. The van der Waals surface area contributed by atoms with Crippen molar-refractivity contribution in [3.63, 3.8) is 0 Å². The van der Waals surface area contributed by atoms with Crippen LogP contribution in [0.3, 0.4) is 0 Å². The van der Waals surface area contributed by atoms with E-state index < -0.39 is 0 Å². The Balaban J connectivity index is 2.15. The molecule has 0 saturated heterocycles. The molecule has 7 nitrogen and oxygen atoms in total. The summed E-state index contributed by atoms with van der Waals surface area (Å²) in [6.07, 6.45) is 4.18. The summed E-state index contributed by atoms with van der Waals surface area (Å²) in [5.74, 6) is 1.93. The van der Waals surface area contributed by atoms with E-state index in [9.17, 15) is 9.59 Å². The lowest BCUT2D eigenvalue weighted by Gasteiger charge is -2.28. The lowest BCUT2D eigenvalue weighted by Crippen LogP contribution is -2.38. The van der Waals surface area contributed by atoms with Crippen LogP contribution in [0.15, 0.2) is 9.59 Å². The molecule has 2 aromatic heterocycles. The van der Waals surface area contributed by atoms with Crippen LogP contribution in [0.25, 0.3) is 11.2 Å². The van der Waals surface area contributed by atoms with E-state index in [0.717, 1.165) is 48.7 Å². The largest absolute Gasteiger partial charge is 0.342 e. The van der Waals surface area contributed by atoms with Crippen LogP contribution in [0.1, 0.15) is 12.8 Å². The average Bonchev–Trinajstić information content (AvgIpc) is 2.91. The number of anilines is 1. The van der Waals surface area contributed by atoms with Gasteiger partial charge in [0.15, 0.2) is 11.2 Å². The summed E-state index contributed by atoms with van der Waals surface area (Å²) in [6.45, 7) is 2.66. The predicted octanol–water partition coefficient (Wildman–Crippen LogP) is 0.397. The Hall–Kier alpha value is -1.70. The van der Waals surface area contributed by atoms with Gasteiger partial charge in [-0.15, -0.1) is 0 Å². The molecule has 0 N–H and O–H groups in total. The van der Waals surface area contributed by atoms with Crippen LogP contribution >= 0.6 is 11.8 Å². The zero-order chi connectivity index (χ0) is 15.9. The van der Waals surface area contributed by atoms with Crippen LogP contribution in [0.2, 0.25) is 0 Å². The molecule has 0 spiro atoms. The molecule has 1 aliphatic heterocycles. The first kappa shape index (κ1) is 15.2. The Labute approximate surface area is 132 Å². The third kappa shape index (κ3) is 2.25. The van der Waals surface area contributed by atoms with E-state index >= 15 is 0 Å². The number of aromatic nitrogens is 4. The molecule has 0 amide bonds. The maximum Gasteiger partial charge on any atom is 0.332 e. The fourth-order valence-corrected chi connectivity index (χ4v) is 3.44. The van der Waals surface area contributed by atoms with Crippen molar-refractivity contribution in [2.45, 2.75) is 19.4 Å². The second-order valence-electron chi connectivity index (χ2n) is 5.63. The summed E-state index contributed by atoms with van der Waals surface area (Å²) >= 11 is 1.83. The van der Waals surface area contributed by atoms with E-state index in [1.165, 1.54) is 11.6 Å². The normalized spacial score (nSPS) is 14.6. The second-order valence-corrected chi connectivity index (χ2v) is 6.61. The minimum absolute atomic E-state index is 0.261. The van der Waals surface area contributed by atoms with Crippen molar-refractivity contribution in [1.29, 1.82) is 0 Å². The first-order valence-corrected chi connectivity index (χ1v) is 8.85. The molecule has 3 rings (SSSR count). The highest BCUT2D eigenvalue weighted by Crippen LogP contribution is 2.24. The van der Waals surface area contributed by atoms with E-state index in [1.807, 2.05) is 16.3 Å². The molecule has 0 atom stereocenters. The molecule has 1 aliphatic rings. The summed E-state index contributed by atoms with van der Waals surface area (Å²) in [6, 6.07) is 0. The van der Waals surface area contributed by atoms with Gasteiger partial charge in [0.05, 0.1) is 0 Å². The molecule has 0 aliphatic carbocycles. The van der Waals surface area contributed by atoms with Crippen LogP contribution in [-0.2, 0) is 20.6 Å². The standard InChI is InChI=1S/C14H21N5O2S/c1-16-11-10(12(20)17(2)14(16)21)19-8-4-6-18(13(19)15-11)7-5-9-22-3/h4-9H2,1-3H3. The molecule has 120 valence electrons. The van der Waals surface area contributed by atoms with Crippen LogP contribution in [0.5, 0.6) is 0 Å². The number of fused-ring (bicyclic) bond motifs is 3. The second kappa shape index (κ2) is 5.83. The van der Waals surface area contributed by atoms with Crippen molar-refractivity contribution in [2.75, 3.05) is 30.0 Å². The predicted molar refractivity (Wildman–Crippen MR) is 90.0 cm³/mol. The highest BCUT2D eigenvalue weighted by molar-refractivity contribution is 7.98. The number of aryl methyl sites for hydroxylation is 2. The molecule has 2 aromatic rings. The first-order valence-electron chi connectivity index (χ1n) is 7.46. The van der Waals surface area contributed by atoms with Gasteiger partial charge in [-0.1, -0.05) is 0 Å². The van der Waals surface area contributed by atoms with Crippen molar-refractivity contribution >= 4 is 28.9 Å². The van der Waals surface area contributed by atoms with E-state index in [1.54, 1.807) is 7.05 Å². The summed E-state index contributed by atoms with van der Waals surface area (Å²) < 4.78 is 4.59. The SMILES string of the molecule is CSCCCN1CCCn2c1nc1c2c(=O)n(C)c(=O)n1C. The molecule has 8 heteroatoms. The molecule has 0 saturated carbocycles. The molecule has 0 bridgehead atoms. The summed E-state index contributed by atoms with van der Waals surface area (Å²) in [4.78, 5) is 31.4. The molecule has 0 radical (unpaired) electrons.